The van der Waals surface area contributed by atoms with Gasteiger partial charge in [-0.05, 0) is 17.7 Å². The van der Waals surface area contributed by atoms with E-state index in [4.69, 9.17) is 15.9 Å². The molecule has 4 nitrogen and oxygen atoms in total. The average molecular weight is 202 g/mol. The second kappa shape index (κ2) is 3.49. The van der Waals surface area contributed by atoms with E-state index in [9.17, 15) is 4.79 Å². The van der Waals surface area contributed by atoms with Gasteiger partial charge in [-0.1, -0.05) is 6.07 Å². The Morgan fingerprint density at radius 1 is 1.13 bits per heavy atom. The third-order valence-electron chi connectivity index (χ3n) is 2.22. The van der Waals surface area contributed by atoms with E-state index in [-0.39, 0.29) is 0 Å². The Morgan fingerprint density at radius 2 is 1.93 bits per heavy atom. The van der Waals surface area contributed by atoms with Crippen molar-refractivity contribution >= 4 is 17.7 Å². The maximum atomic E-state index is 10.7. The van der Waals surface area contributed by atoms with Crippen molar-refractivity contribution in [2.75, 3.05) is 11.5 Å². The number of nitrogens with two attached hydrogens (primary N) is 2. The highest BCUT2D eigenvalue weighted by Gasteiger charge is 2.07. The van der Waals surface area contributed by atoms with Crippen LogP contribution in [0.3, 0.4) is 0 Å². The van der Waals surface area contributed by atoms with E-state index < -0.39 is 0 Å². The molecule has 76 valence electrons. The second-order valence-corrected chi connectivity index (χ2v) is 3.20. The maximum absolute atomic E-state index is 10.7. The minimum atomic E-state index is 0.491. The zero-order valence-electron chi connectivity index (χ0n) is 7.94. The molecule has 0 saturated heterocycles. The molecule has 0 radical (unpaired) electrons. The highest BCUT2D eigenvalue weighted by Crippen LogP contribution is 2.27. The van der Waals surface area contributed by atoms with Gasteiger partial charge >= 0.3 is 0 Å². The molecule has 0 amide bonds. The minimum absolute atomic E-state index is 0.491. The largest absolute Gasteiger partial charge is 0.471 e. The van der Waals surface area contributed by atoms with Gasteiger partial charge < -0.3 is 15.9 Å². The van der Waals surface area contributed by atoms with Crippen molar-refractivity contribution in [2.45, 2.75) is 0 Å². The average Bonchev–Trinajstić information content (AvgIpc) is 2.70. The van der Waals surface area contributed by atoms with Crippen molar-refractivity contribution in [3.63, 3.8) is 0 Å². The first-order chi connectivity index (χ1) is 7.22. The summed E-state index contributed by atoms with van der Waals surface area (Å²) in [4.78, 5) is 10.7. The Kier molecular flexibility index (Phi) is 2.17. The molecule has 4 N–H and O–H groups in total. The fraction of sp³-hybridized carbons (Fsp3) is 0. The van der Waals surface area contributed by atoms with Crippen LogP contribution < -0.4 is 11.5 Å². The molecule has 0 bridgehead atoms. The van der Waals surface area contributed by atoms with Crippen molar-refractivity contribution in [1.29, 1.82) is 0 Å². The summed E-state index contributed by atoms with van der Waals surface area (Å²) in [5.74, 6) is 0. The number of anilines is 2. The van der Waals surface area contributed by atoms with E-state index in [1.807, 2.05) is 0 Å². The van der Waals surface area contributed by atoms with Gasteiger partial charge in [-0.2, -0.15) is 0 Å². The number of benzene rings is 1. The predicted octanol–water partition coefficient (Wildman–Crippen LogP) is 1.92. The Morgan fingerprint density at radius 3 is 2.60 bits per heavy atom. The van der Waals surface area contributed by atoms with E-state index >= 15 is 0 Å². The van der Waals surface area contributed by atoms with Crippen LogP contribution in [0.25, 0.3) is 11.1 Å². The van der Waals surface area contributed by atoms with Gasteiger partial charge in [0.25, 0.3) is 0 Å². The van der Waals surface area contributed by atoms with Crippen LogP contribution in [-0.4, -0.2) is 6.29 Å². The minimum Gasteiger partial charge on any atom is -0.471 e. The Hall–Kier alpha value is -2.23. The molecule has 4 heteroatoms. The molecular weight excluding hydrogens is 192 g/mol. The first kappa shape index (κ1) is 9.33. The van der Waals surface area contributed by atoms with Gasteiger partial charge in [0.15, 0.2) is 6.29 Å². The van der Waals surface area contributed by atoms with Crippen molar-refractivity contribution in [1.82, 2.24) is 0 Å². The second-order valence-electron chi connectivity index (χ2n) is 3.20. The molecule has 2 rings (SSSR count). The Labute approximate surface area is 86.5 Å². The van der Waals surface area contributed by atoms with Crippen molar-refractivity contribution in [3.05, 3.63) is 36.3 Å². The molecule has 1 aromatic carbocycles. The molecule has 15 heavy (non-hydrogen) atoms. The molecule has 1 heterocycles. The normalized spacial score (nSPS) is 10.1. The van der Waals surface area contributed by atoms with E-state index in [1.165, 1.54) is 12.5 Å². The van der Waals surface area contributed by atoms with Gasteiger partial charge in [-0.3, -0.25) is 4.79 Å². The highest BCUT2D eigenvalue weighted by atomic mass is 16.3. The summed E-state index contributed by atoms with van der Waals surface area (Å²) >= 11 is 0. The number of rotatable bonds is 2. The summed E-state index contributed by atoms with van der Waals surface area (Å²) in [7, 11) is 0. The molecule has 0 aliphatic carbocycles. The van der Waals surface area contributed by atoms with Crippen molar-refractivity contribution in [2.24, 2.45) is 0 Å². The molecule has 0 saturated carbocycles. The maximum Gasteiger partial charge on any atom is 0.153 e. The Balaban J connectivity index is 2.54. The number of carbonyl (C=O) groups excluding carboxylic acids is 1. The molecule has 0 fully saturated rings. The van der Waals surface area contributed by atoms with E-state index in [1.54, 1.807) is 18.2 Å². The lowest BCUT2D eigenvalue weighted by molar-refractivity contribution is 0.112. The molecule has 2 aromatic rings. The topological polar surface area (TPSA) is 82.2 Å². The standard InChI is InChI=1S/C11H10N2O2/c12-10-2-1-7(3-11(10)13)9-6-15-5-8(9)4-14/h1-6H,12-13H2. The number of hydrogen-bond donors (Lipinski definition) is 2. The summed E-state index contributed by atoms with van der Waals surface area (Å²) in [6.07, 6.45) is 3.65. The van der Waals surface area contributed by atoms with Crippen molar-refractivity contribution in [3.8, 4) is 11.1 Å². The van der Waals surface area contributed by atoms with Crippen LogP contribution in [-0.2, 0) is 0 Å². The number of furan rings is 1. The quantitative estimate of drug-likeness (QED) is 0.575. The fourth-order valence-electron chi connectivity index (χ4n) is 1.38. The van der Waals surface area contributed by atoms with Gasteiger partial charge in [0, 0.05) is 5.56 Å². The zero-order chi connectivity index (χ0) is 10.8. The van der Waals surface area contributed by atoms with Crippen LogP contribution in [0.5, 0.6) is 0 Å². The van der Waals surface area contributed by atoms with E-state index in [0.29, 0.717) is 16.9 Å². The first-order valence-electron chi connectivity index (χ1n) is 4.39. The van der Waals surface area contributed by atoms with Gasteiger partial charge in [0.05, 0.1) is 23.2 Å². The number of carbonyl (C=O) groups is 1. The number of nitrogen functional groups attached to an aromatic ring is 2. The summed E-state index contributed by atoms with van der Waals surface area (Å²) in [5, 5.41) is 0. The number of hydrogen-bond acceptors (Lipinski definition) is 4. The summed E-state index contributed by atoms with van der Waals surface area (Å²) in [6, 6.07) is 5.21. The third kappa shape index (κ3) is 1.57. The van der Waals surface area contributed by atoms with Gasteiger partial charge in [0.2, 0.25) is 0 Å². The molecule has 0 spiro atoms. The zero-order valence-corrected chi connectivity index (χ0v) is 7.94. The van der Waals surface area contributed by atoms with Gasteiger partial charge in [-0.15, -0.1) is 0 Å². The molecule has 1 aromatic heterocycles. The predicted molar refractivity (Wildman–Crippen MR) is 58.4 cm³/mol. The SMILES string of the molecule is Nc1ccc(-c2cocc2C=O)cc1N. The number of aldehydes is 1. The van der Waals surface area contributed by atoms with Crippen LogP contribution in [0.1, 0.15) is 10.4 Å². The molecule has 0 aliphatic heterocycles. The smallest absolute Gasteiger partial charge is 0.153 e. The molecule has 0 atom stereocenters. The summed E-state index contributed by atoms with van der Waals surface area (Å²) in [6.45, 7) is 0. The summed E-state index contributed by atoms with van der Waals surface area (Å²) in [5.41, 5.74) is 14.3. The monoisotopic (exact) mass is 202 g/mol. The molecule has 0 unspecified atom stereocenters. The molecule has 0 aliphatic rings. The lowest BCUT2D eigenvalue weighted by Gasteiger charge is -2.03. The van der Waals surface area contributed by atoms with Crippen LogP contribution in [0.15, 0.2) is 35.1 Å². The highest BCUT2D eigenvalue weighted by molar-refractivity contribution is 5.88. The van der Waals surface area contributed by atoms with Gasteiger partial charge in [0.1, 0.15) is 6.26 Å². The van der Waals surface area contributed by atoms with Crippen LogP contribution in [0.4, 0.5) is 11.4 Å². The third-order valence-corrected chi connectivity index (χ3v) is 2.22. The van der Waals surface area contributed by atoms with E-state index in [2.05, 4.69) is 0 Å². The lowest BCUT2D eigenvalue weighted by Crippen LogP contribution is -1.94. The summed E-state index contributed by atoms with van der Waals surface area (Å²) < 4.78 is 4.96. The Bertz CT molecular complexity index is 503. The van der Waals surface area contributed by atoms with E-state index in [0.717, 1.165) is 17.4 Å². The van der Waals surface area contributed by atoms with Gasteiger partial charge in [-0.25, -0.2) is 0 Å². The van der Waals surface area contributed by atoms with Crippen LogP contribution >= 0.6 is 0 Å². The molecular formula is C11H10N2O2. The van der Waals surface area contributed by atoms with Crippen molar-refractivity contribution < 1.29 is 9.21 Å². The lowest BCUT2D eigenvalue weighted by atomic mass is 10.0. The first-order valence-corrected chi connectivity index (χ1v) is 4.39. The van der Waals surface area contributed by atoms with Crippen LogP contribution in [0.2, 0.25) is 0 Å². The van der Waals surface area contributed by atoms with Crippen LogP contribution in [0, 0.1) is 0 Å². The fourth-order valence-corrected chi connectivity index (χ4v) is 1.38.